The van der Waals surface area contributed by atoms with Crippen LogP contribution in [-0.2, 0) is 4.79 Å². The lowest BCUT2D eigenvalue weighted by molar-refractivity contribution is -0.114. The van der Waals surface area contributed by atoms with Crippen LogP contribution >= 0.6 is 11.8 Å². The van der Waals surface area contributed by atoms with E-state index in [1.807, 2.05) is 0 Å². The van der Waals surface area contributed by atoms with Gasteiger partial charge in [-0.2, -0.15) is 15.1 Å². The number of aromatic nitrogens is 1. The van der Waals surface area contributed by atoms with Crippen LogP contribution in [0.25, 0.3) is 17.0 Å². The van der Waals surface area contributed by atoms with Gasteiger partial charge in [-0.1, -0.05) is 12.1 Å². The fraction of sp³-hybridized carbons (Fsp3) is 0. The van der Waals surface area contributed by atoms with Crippen molar-refractivity contribution in [3.8, 4) is 0 Å². The Kier molecular flexibility index (Phi) is 3.95. The number of benzene rings is 1. The molecule has 0 bridgehead atoms. The standard InChI is InChI=1S/C20H11N5O3S/c21-17-14(9-12-10-28-15-4-2-1-3-13(15)16(12)26)18(27)23-20-25(17)24-19(29-20)11-5-7-22-8-6-11/h1-10,21H. The lowest BCUT2D eigenvalue weighted by atomic mass is 10.1. The van der Waals surface area contributed by atoms with Gasteiger partial charge in [0.05, 0.1) is 16.5 Å². The maximum atomic E-state index is 12.7. The molecule has 140 valence electrons. The summed E-state index contributed by atoms with van der Waals surface area (Å²) >= 11 is 1.20. The van der Waals surface area contributed by atoms with Gasteiger partial charge in [0.1, 0.15) is 16.9 Å². The smallest absolute Gasteiger partial charge is 0.283 e. The average Bonchev–Trinajstić information content (AvgIpc) is 3.17. The molecule has 4 heterocycles. The monoisotopic (exact) mass is 401 g/mol. The molecule has 0 aliphatic carbocycles. The molecule has 2 aliphatic rings. The van der Waals surface area contributed by atoms with Crippen molar-refractivity contribution in [3.63, 3.8) is 0 Å². The minimum atomic E-state index is -0.604. The summed E-state index contributed by atoms with van der Waals surface area (Å²) in [5.41, 5.74) is 1.11. The van der Waals surface area contributed by atoms with Crippen LogP contribution < -0.4 is 5.43 Å². The molecule has 0 spiro atoms. The number of amides is 1. The van der Waals surface area contributed by atoms with Gasteiger partial charge in [0.25, 0.3) is 5.91 Å². The SMILES string of the molecule is N=C1C(=Cc2coc3ccccc3c2=O)C(=O)N=C2SC(c3ccncc3)=NN12. The molecule has 0 radical (unpaired) electrons. The molecule has 9 heteroatoms. The molecule has 3 aromatic rings. The molecule has 0 saturated heterocycles. The van der Waals surface area contributed by atoms with E-state index in [4.69, 9.17) is 9.83 Å². The minimum absolute atomic E-state index is 0.0309. The predicted octanol–water partition coefficient (Wildman–Crippen LogP) is 2.86. The van der Waals surface area contributed by atoms with E-state index in [-0.39, 0.29) is 22.4 Å². The second-order valence-corrected chi connectivity index (χ2v) is 7.13. The fourth-order valence-corrected chi connectivity index (χ4v) is 3.85. The molecular formula is C20H11N5O3S. The van der Waals surface area contributed by atoms with Gasteiger partial charge in [-0.15, -0.1) is 0 Å². The zero-order chi connectivity index (χ0) is 20.0. The average molecular weight is 401 g/mol. The molecule has 2 aliphatic heterocycles. The highest BCUT2D eigenvalue weighted by molar-refractivity contribution is 8.27. The molecule has 8 nitrogen and oxygen atoms in total. The van der Waals surface area contributed by atoms with Gasteiger partial charge >= 0.3 is 0 Å². The molecular weight excluding hydrogens is 390 g/mol. The minimum Gasteiger partial charge on any atom is -0.463 e. The number of hydrazone groups is 1. The second-order valence-electron chi connectivity index (χ2n) is 6.18. The van der Waals surface area contributed by atoms with E-state index >= 15 is 0 Å². The van der Waals surface area contributed by atoms with Crippen LogP contribution in [0.5, 0.6) is 0 Å². The molecule has 0 saturated carbocycles. The Hall–Kier alpha value is -3.85. The van der Waals surface area contributed by atoms with Crippen LogP contribution in [0, 0.1) is 5.41 Å². The summed E-state index contributed by atoms with van der Waals surface area (Å²) in [5.74, 6) is -0.753. The van der Waals surface area contributed by atoms with Crippen molar-refractivity contribution in [2.24, 2.45) is 10.1 Å². The summed E-state index contributed by atoms with van der Waals surface area (Å²) in [6, 6.07) is 10.4. The number of pyridine rings is 1. The molecule has 1 amide bonds. The van der Waals surface area contributed by atoms with E-state index in [2.05, 4.69) is 15.1 Å². The van der Waals surface area contributed by atoms with E-state index < -0.39 is 5.91 Å². The van der Waals surface area contributed by atoms with E-state index in [1.165, 1.54) is 29.1 Å². The topological polar surface area (TPSA) is 112 Å². The van der Waals surface area contributed by atoms with Crippen molar-refractivity contribution in [1.82, 2.24) is 9.99 Å². The number of fused-ring (bicyclic) bond motifs is 2. The molecule has 29 heavy (non-hydrogen) atoms. The van der Waals surface area contributed by atoms with Gasteiger partial charge in [0.2, 0.25) is 5.17 Å². The number of carbonyl (C=O) groups excluding carboxylic acids is 1. The van der Waals surface area contributed by atoms with Crippen LogP contribution in [0.2, 0.25) is 0 Å². The summed E-state index contributed by atoms with van der Waals surface area (Å²) in [4.78, 5) is 33.3. The Morgan fingerprint density at radius 2 is 1.90 bits per heavy atom. The summed E-state index contributed by atoms with van der Waals surface area (Å²) in [6.45, 7) is 0. The van der Waals surface area contributed by atoms with Crippen molar-refractivity contribution in [2.75, 3.05) is 0 Å². The highest BCUT2D eigenvalue weighted by atomic mass is 32.2. The van der Waals surface area contributed by atoms with Crippen LogP contribution in [0.1, 0.15) is 11.1 Å². The van der Waals surface area contributed by atoms with Gasteiger partial charge in [-0.3, -0.25) is 20.0 Å². The first kappa shape index (κ1) is 17.3. The van der Waals surface area contributed by atoms with Crippen LogP contribution in [0.4, 0.5) is 0 Å². The van der Waals surface area contributed by atoms with Gasteiger partial charge in [0, 0.05) is 18.0 Å². The number of nitrogens with zero attached hydrogens (tertiary/aromatic N) is 4. The van der Waals surface area contributed by atoms with Crippen molar-refractivity contribution in [2.45, 2.75) is 0 Å². The highest BCUT2D eigenvalue weighted by Gasteiger charge is 2.36. The Bertz CT molecular complexity index is 1340. The summed E-state index contributed by atoms with van der Waals surface area (Å²) < 4.78 is 5.48. The van der Waals surface area contributed by atoms with Crippen molar-refractivity contribution in [1.29, 1.82) is 5.41 Å². The van der Waals surface area contributed by atoms with E-state index in [9.17, 15) is 9.59 Å². The van der Waals surface area contributed by atoms with E-state index in [0.29, 0.717) is 21.2 Å². The molecule has 0 unspecified atom stereocenters. The van der Waals surface area contributed by atoms with Crippen LogP contribution in [0.15, 0.2) is 79.9 Å². The Morgan fingerprint density at radius 3 is 2.72 bits per heavy atom. The van der Waals surface area contributed by atoms with Gasteiger partial charge < -0.3 is 4.42 Å². The number of aliphatic imine (C=N–C) groups is 1. The first-order valence-corrected chi connectivity index (χ1v) is 9.34. The van der Waals surface area contributed by atoms with Gasteiger partial charge in [-0.25, -0.2) is 0 Å². The third kappa shape index (κ3) is 2.88. The largest absolute Gasteiger partial charge is 0.463 e. The summed E-state index contributed by atoms with van der Waals surface area (Å²) in [5, 5.41) is 15.4. The maximum Gasteiger partial charge on any atom is 0.283 e. The first-order valence-electron chi connectivity index (χ1n) is 8.53. The number of hydrogen-bond acceptors (Lipinski definition) is 7. The van der Waals surface area contributed by atoms with E-state index in [1.54, 1.807) is 48.8 Å². The lowest BCUT2D eigenvalue weighted by Crippen LogP contribution is -2.35. The molecule has 1 N–H and O–H groups in total. The van der Waals surface area contributed by atoms with Crippen molar-refractivity contribution in [3.05, 3.63) is 82.0 Å². The Balaban J connectivity index is 1.56. The highest BCUT2D eigenvalue weighted by Crippen LogP contribution is 2.30. The Labute approximate surface area is 167 Å². The molecule has 2 aromatic heterocycles. The summed E-state index contributed by atoms with van der Waals surface area (Å²) in [6.07, 6.45) is 5.88. The normalized spacial score (nSPS) is 17.5. The van der Waals surface area contributed by atoms with E-state index in [0.717, 1.165) is 5.56 Å². The zero-order valence-electron chi connectivity index (χ0n) is 14.7. The number of amidine groups is 2. The van der Waals surface area contributed by atoms with Crippen LogP contribution in [0.3, 0.4) is 0 Å². The summed E-state index contributed by atoms with van der Waals surface area (Å²) in [7, 11) is 0. The predicted molar refractivity (Wildman–Crippen MR) is 111 cm³/mol. The molecule has 0 fully saturated rings. The third-order valence-electron chi connectivity index (χ3n) is 4.39. The number of thioether (sulfide) groups is 1. The zero-order valence-corrected chi connectivity index (χ0v) is 15.5. The lowest BCUT2D eigenvalue weighted by Gasteiger charge is -2.20. The maximum absolute atomic E-state index is 12.7. The molecule has 0 atom stereocenters. The number of rotatable bonds is 2. The third-order valence-corrected chi connectivity index (χ3v) is 5.35. The van der Waals surface area contributed by atoms with Gasteiger partial charge in [0.15, 0.2) is 11.3 Å². The molecule has 1 aromatic carbocycles. The second kappa shape index (κ2) is 6.64. The number of para-hydroxylation sites is 1. The molecule has 5 rings (SSSR count). The van der Waals surface area contributed by atoms with Crippen molar-refractivity contribution >= 4 is 50.8 Å². The van der Waals surface area contributed by atoms with Gasteiger partial charge in [-0.05, 0) is 42.1 Å². The number of nitrogens with one attached hydrogen (secondary N) is 1. The number of carbonyl (C=O) groups is 1. The fourth-order valence-electron chi connectivity index (χ4n) is 2.95. The van der Waals surface area contributed by atoms with Crippen LogP contribution in [-0.4, -0.2) is 31.9 Å². The first-order chi connectivity index (χ1) is 14.1. The number of hydrogen-bond donors (Lipinski definition) is 1. The Morgan fingerprint density at radius 1 is 1.10 bits per heavy atom. The quantitative estimate of drug-likeness (QED) is 0.661. The van der Waals surface area contributed by atoms with Crippen molar-refractivity contribution < 1.29 is 9.21 Å².